The molecule has 1 aromatic heterocycles. The molecule has 2 aliphatic heterocycles. The number of rotatable bonds is 5. The molecule has 136 valence electrons. The molecule has 0 radical (unpaired) electrons. The number of likely N-dealkylation sites (tertiary alicyclic amines) is 1. The zero-order valence-corrected chi connectivity index (χ0v) is 15.5. The molecule has 0 unspecified atom stereocenters. The van der Waals surface area contributed by atoms with Crippen LogP contribution in [-0.2, 0) is 11.3 Å². The van der Waals surface area contributed by atoms with Gasteiger partial charge in [0, 0.05) is 24.6 Å². The molecule has 0 bridgehead atoms. The highest BCUT2D eigenvalue weighted by Gasteiger charge is 2.23. The van der Waals surface area contributed by atoms with E-state index in [2.05, 4.69) is 42.3 Å². The number of nitrogens with zero attached hydrogens (tertiary/aromatic N) is 1. The van der Waals surface area contributed by atoms with Crippen LogP contribution in [0.5, 0.6) is 0 Å². The lowest BCUT2D eigenvalue weighted by Gasteiger charge is -2.33. The highest BCUT2D eigenvalue weighted by molar-refractivity contribution is 5.79. The van der Waals surface area contributed by atoms with Crippen LogP contribution in [0.1, 0.15) is 36.1 Å². The van der Waals surface area contributed by atoms with Crippen molar-refractivity contribution in [3.63, 3.8) is 0 Å². The second-order valence-corrected chi connectivity index (χ2v) is 7.87. The van der Waals surface area contributed by atoms with Crippen molar-refractivity contribution in [1.82, 2.24) is 10.2 Å². The Balaban J connectivity index is 1.26. The van der Waals surface area contributed by atoms with Crippen LogP contribution in [0.4, 0.5) is 0 Å². The Morgan fingerprint density at radius 2 is 1.88 bits per heavy atom. The van der Waals surface area contributed by atoms with E-state index >= 15 is 0 Å². The molecule has 4 rings (SSSR count). The molecule has 0 spiro atoms. The van der Waals surface area contributed by atoms with Gasteiger partial charge >= 0.3 is 0 Å². The van der Waals surface area contributed by atoms with E-state index in [1.807, 2.05) is 0 Å². The van der Waals surface area contributed by atoms with Gasteiger partial charge in [0.05, 0.1) is 13.2 Å². The Morgan fingerprint density at radius 1 is 1.08 bits per heavy atom. The average molecular weight is 342 g/mol. The smallest absolute Gasteiger partial charge is 0.134 e. The zero-order valence-electron chi connectivity index (χ0n) is 15.5. The van der Waals surface area contributed by atoms with Gasteiger partial charge in [-0.1, -0.05) is 0 Å². The third-order valence-corrected chi connectivity index (χ3v) is 5.88. The van der Waals surface area contributed by atoms with E-state index in [1.165, 1.54) is 55.4 Å². The number of fused-ring (bicyclic) bond motifs is 1. The first kappa shape index (κ1) is 17.1. The van der Waals surface area contributed by atoms with Crippen LogP contribution in [-0.4, -0.2) is 43.8 Å². The number of benzene rings is 1. The summed E-state index contributed by atoms with van der Waals surface area (Å²) in [4.78, 5) is 2.62. The SMILES string of the molecule is Cc1cc2cc(CNC3CCN(C[C@H]4CCOC4)CC3)oc2cc1C. The van der Waals surface area contributed by atoms with Crippen molar-refractivity contribution >= 4 is 11.0 Å². The van der Waals surface area contributed by atoms with Crippen molar-refractivity contribution in [2.75, 3.05) is 32.8 Å². The molecule has 3 heterocycles. The Bertz CT molecular complexity index is 671. The fourth-order valence-electron chi connectivity index (χ4n) is 4.10. The quantitative estimate of drug-likeness (QED) is 0.900. The van der Waals surface area contributed by atoms with E-state index in [9.17, 15) is 0 Å². The monoisotopic (exact) mass is 342 g/mol. The molecule has 1 aromatic carbocycles. The van der Waals surface area contributed by atoms with Crippen molar-refractivity contribution in [3.05, 3.63) is 35.1 Å². The van der Waals surface area contributed by atoms with Gasteiger partial charge in [-0.25, -0.2) is 0 Å². The van der Waals surface area contributed by atoms with Crippen LogP contribution < -0.4 is 5.32 Å². The topological polar surface area (TPSA) is 37.6 Å². The van der Waals surface area contributed by atoms with Crippen LogP contribution in [0.25, 0.3) is 11.0 Å². The Hall–Kier alpha value is -1.36. The number of nitrogens with one attached hydrogen (secondary N) is 1. The number of ether oxygens (including phenoxy) is 1. The van der Waals surface area contributed by atoms with Crippen LogP contribution in [0.3, 0.4) is 0 Å². The molecule has 1 N–H and O–H groups in total. The summed E-state index contributed by atoms with van der Waals surface area (Å²) < 4.78 is 11.5. The van der Waals surface area contributed by atoms with Crippen molar-refractivity contribution in [3.8, 4) is 0 Å². The van der Waals surface area contributed by atoms with Crippen molar-refractivity contribution in [2.24, 2.45) is 5.92 Å². The normalized spacial score (nSPS) is 22.9. The average Bonchev–Trinajstić information content (AvgIpc) is 3.24. The molecule has 0 aliphatic carbocycles. The summed E-state index contributed by atoms with van der Waals surface area (Å²) in [6, 6.07) is 7.17. The van der Waals surface area contributed by atoms with Gasteiger partial charge in [0.1, 0.15) is 11.3 Å². The third-order valence-electron chi connectivity index (χ3n) is 5.88. The van der Waals surface area contributed by atoms with E-state index < -0.39 is 0 Å². The summed E-state index contributed by atoms with van der Waals surface area (Å²) in [5, 5.41) is 4.91. The highest BCUT2D eigenvalue weighted by Crippen LogP contribution is 2.24. The fourth-order valence-corrected chi connectivity index (χ4v) is 4.10. The van der Waals surface area contributed by atoms with Crippen LogP contribution in [0, 0.1) is 19.8 Å². The molecule has 2 aromatic rings. The number of furan rings is 1. The second-order valence-electron chi connectivity index (χ2n) is 7.87. The lowest BCUT2D eigenvalue weighted by atomic mass is 10.0. The summed E-state index contributed by atoms with van der Waals surface area (Å²) in [6.07, 6.45) is 3.70. The van der Waals surface area contributed by atoms with Gasteiger partial charge in [0.25, 0.3) is 0 Å². The fraction of sp³-hybridized carbons (Fsp3) is 0.619. The molecule has 4 nitrogen and oxygen atoms in total. The molecule has 0 saturated carbocycles. The van der Waals surface area contributed by atoms with Gasteiger partial charge in [-0.3, -0.25) is 0 Å². The number of hydrogen-bond donors (Lipinski definition) is 1. The molecule has 0 amide bonds. The molecule has 2 saturated heterocycles. The van der Waals surface area contributed by atoms with Crippen molar-refractivity contribution in [2.45, 2.75) is 45.7 Å². The first-order valence-corrected chi connectivity index (χ1v) is 9.70. The molecule has 2 aliphatic rings. The summed E-state index contributed by atoms with van der Waals surface area (Å²) >= 11 is 0. The largest absolute Gasteiger partial charge is 0.460 e. The van der Waals surface area contributed by atoms with Gasteiger partial charge in [-0.2, -0.15) is 0 Å². The Morgan fingerprint density at radius 3 is 2.64 bits per heavy atom. The molecular weight excluding hydrogens is 312 g/mol. The molecule has 1 atom stereocenters. The zero-order chi connectivity index (χ0) is 17.2. The van der Waals surface area contributed by atoms with Gasteiger partial charge in [0.2, 0.25) is 0 Å². The minimum absolute atomic E-state index is 0.604. The van der Waals surface area contributed by atoms with E-state index in [1.54, 1.807) is 0 Å². The lowest BCUT2D eigenvalue weighted by Crippen LogP contribution is -2.43. The maximum atomic E-state index is 6.02. The standard InChI is InChI=1S/C21H30N2O2/c1-15-9-18-11-20(25-21(18)10-16(15)2)12-22-19-3-6-23(7-4-19)13-17-5-8-24-14-17/h9-11,17,19,22H,3-8,12-14H2,1-2H3/t17-/m1/s1. The maximum Gasteiger partial charge on any atom is 0.134 e. The first-order chi connectivity index (χ1) is 12.2. The summed E-state index contributed by atoms with van der Waals surface area (Å²) in [5.41, 5.74) is 3.63. The highest BCUT2D eigenvalue weighted by atomic mass is 16.5. The second kappa shape index (κ2) is 7.48. The molecule has 2 fully saturated rings. The van der Waals surface area contributed by atoms with Gasteiger partial charge in [0.15, 0.2) is 0 Å². The number of piperidine rings is 1. The van der Waals surface area contributed by atoms with Crippen LogP contribution >= 0.6 is 0 Å². The predicted octanol–water partition coefficient (Wildman–Crippen LogP) is 3.64. The van der Waals surface area contributed by atoms with Gasteiger partial charge < -0.3 is 19.4 Å². The minimum Gasteiger partial charge on any atom is -0.460 e. The maximum absolute atomic E-state index is 6.02. The van der Waals surface area contributed by atoms with Gasteiger partial charge in [-0.15, -0.1) is 0 Å². The third kappa shape index (κ3) is 4.08. The lowest BCUT2D eigenvalue weighted by molar-refractivity contribution is 0.147. The van der Waals surface area contributed by atoms with Crippen molar-refractivity contribution < 1.29 is 9.15 Å². The molecule has 25 heavy (non-hydrogen) atoms. The first-order valence-electron chi connectivity index (χ1n) is 9.70. The predicted molar refractivity (Wildman–Crippen MR) is 101 cm³/mol. The summed E-state index contributed by atoms with van der Waals surface area (Å²) in [7, 11) is 0. The van der Waals surface area contributed by atoms with Crippen molar-refractivity contribution in [1.29, 1.82) is 0 Å². The summed E-state index contributed by atoms with van der Waals surface area (Å²) in [5.74, 6) is 1.80. The Kier molecular flexibility index (Phi) is 5.11. The van der Waals surface area contributed by atoms with Crippen LogP contribution in [0.2, 0.25) is 0 Å². The molecule has 4 heteroatoms. The number of hydrogen-bond acceptors (Lipinski definition) is 4. The Labute approximate surface area is 150 Å². The van der Waals surface area contributed by atoms with E-state index in [0.29, 0.717) is 6.04 Å². The summed E-state index contributed by atoms with van der Waals surface area (Å²) in [6.45, 7) is 10.7. The van der Waals surface area contributed by atoms with E-state index in [4.69, 9.17) is 9.15 Å². The van der Waals surface area contributed by atoms with Crippen LogP contribution in [0.15, 0.2) is 22.6 Å². The minimum atomic E-state index is 0.604. The van der Waals surface area contributed by atoms with Gasteiger partial charge in [-0.05, 0) is 81.4 Å². The molecular formula is C21H30N2O2. The number of aryl methyl sites for hydroxylation is 2. The van der Waals surface area contributed by atoms with E-state index in [0.717, 1.165) is 37.0 Å². The van der Waals surface area contributed by atoms with E-state index in [-0.39, 0.29) is 0 Å².